The molecular formula is C25H36F12O4. The predicted octanol–water partition coefficient (Wildman–Crippen LogP) is 7.90. The second kappa shape index (κ2) is 10.9. The van der Waals surface area contributed by atoms with Gasteiger partial charge in [-0.2, -0.15) is 52.7 Å². The van der Waals surface area contributed by atoms with Crippen LogP contribution >= 0.6 is 0 Å². The predicted molar refractivity (Wildman–Crippen MR) is 121 cm³/mol. The molecule has 3 atom stereocenters. The zero-order chi connectivity index (χ0) is 33.1. The molecule has 1 fully saturated rings. The summed E-state index contributed by atoms with van der Waals surface area (Å²) in [6, 6.07) is 0. The fraction of sp³-hybridized carbons (Fsp3) is 0.960. The molecule has 0 aromatic carbocycles. The van der Waals surface area contributed by atoms with Crippen molar-refractivity contribution in [2.45, 2.75) is 123 Å². The van der Waals surface area contributed by atoms with Gasteiger partial charge in [0.1, 0.15) is 6.10 Å². The maximum absolute atomic E-state index is 13.7. The van der Waals surface area contributed by atoms with Gasteiger partial charge in [-0.25, -0.2) is 0 Å². The Balaban J connectivity index is 3.81. The Morgan fingerprint density at radius 3 is 1.22 bits per heavy atom. The minimum atomic E-state index is -6.61. The van der Waals surface area contributed by atoms with Crippen molar-refractivity contribution in [1.29, 1.82) is 0 Å². The van der Waals surface area contributed by atoms with E-state index in [9.17, 15) is 67.7 Å². The van der Waals surface area contributed by atoms with Crippen molar-refractivity contribution in [2.75, 3.05) is 0 Å². The summed E-state index contributed by atoms with van der Waals surface area (Å²) in [7, 11) is 0. The van der Waals surface area contributed by atoms with Crippen molar-refractivity contribution in [3.05, 3.63) is 0 Å². The van der Waals surface area contributed by atoms with Gasteiger partial charge in [0.05, 0.1) is 5.41 Å². The van der Waals surface area contributed by atoms with Crippen molar-refractivity contribution in [3.63, 3.8) is 0 Å². The number of carbonyl (C=O) groups is 1. The molecule has 0 aliphatic heterocycles. The Kier molecular flexibility index (Phi) is 10.0. The number of halogens is 12. The number of alkyl halides is 12. The Morgan fingerprint density at radius 2 is 0.976 bits per heavy atom. The van der Waals surface area contributed by atoms with Crippen LogP contribution in [0.15, 0.2) is 0 Å². The highest BCUT2D eigenvalue weighted by Crippen LogP contribution is 2.58. The van der Waals surface area contributed by atoms with Gasteiger partial charge >= 0.3 is 30.7 Å². The number of aliphatic hydroxyl groups is 2. The topological polar surface area (TPSA) is 66.8 Å². The lowest BCUT2D eigenvalue weighted by atomic mass is 9.60. The van der Waals surface area contributed by atoms with E-state index in [4.69, 9.17) is 4.74 Å². The van der Waals surface area contributed by atoms with Crippen LogP contribution in [0.25, 0.3) is 0 Å². The standard InChI is InChI=1S/C25H36F12O4/c1-8-18(5,6)12-19(7,17(2,3)4)16(38)41-15-10-13(20(39,22(26,27)28)23(29,30)31)9-14(11-15)21(40,24(32,33)34)25(35,36)37/h13-15,39-40H,8-12H2,1-7H3. The highest BCUT2D eigenvalue weighted by Gasteiger charge is 2.78. The van der Waals surface area contributed by atoms with Gasteiger partial charge < -0.3 is 14.9 Å². The van der Waals surface area contributed by atoms with Crippen molar-refractivity contribution in [3.8, 4) is 0 Å². The fourth-order valence-electron chi connectivity index (χ4n) is 5.30. The Hall–Kier alpha value is -1.45. The molecule has 0 radical (unpaired) electrons. The van der Waals surface area contributed by atoms with Gasteiger partial charge in [-0.1, -0.05) is 48.0 Å². The summed E-state index contributed by atoms with van der Waals surface area (Å²) in [6.07, 6.45) is -33.7. The molecule has 0 saturated heterocycles. The first-order valence-corrected chi connectivity index (χ1v) is 12.7. The second-order valence-corrected chi connectivity index (χ2v) is 12.9. The molecule has 1 saturated carbocycles. The summed E-state index contributed by atoms with van der Waals surface area (Å²) in [4.78, 5) is 13.4. The van der Waals surface area contributed by atoms with Crippen LogP contribution in [0.4, 0.5) is 52.7 Å². The van der Waals surface area contributed by atoms with Gasteiger partial charge in [-0.3, -0.25) is 4.79 Å². The van der Waals surface area contributed by atoms with Gasteiger partial charge in [0.25, 0.3) is 11.2 Å². The first kappa shape index (κ1) is 37.6. The fourth-order valence-corrected chi connectivity index (χ4v) is 5.30. The molecule has 0 bridgehead atoms. The van der Waals surface area contributed by atoms with E-state index in [2.05, 4.69) is 0 Å². The quantitative estimate of drug-likeness (QED) is 0.222. The average Bonchev–Trinajstić information content (AvgIpc) is 2.73. The van der Waals surface area contributed by atoms with Gasteiger partial charge in [0.15, 0.2) is 0 Å². The molecule has 0 aromatic rings. The lowest BCUT2D eigenvalue weighted by Crippen LogP contribution is -2.67. The summed E-state index contributed by atoms with van der Waals surface area (Å²) < 4.78 is 169. The summed E-state index contributed by atoms with van der Waals surface area (Å²) in [5.41, 5.74) is -14.7. The zero-order valence-electron chi connectivity index (χ0n) is 23.5. The van der Waals surface area contributed by atoms with Gasteiger partial charge in [-0.05, 0) is 43.4 Å². The molecular weight excluding hydrogens is 592 g/mol. The molecule has 41 heavy (non-hydrogen) atoms. The third-order valence-corrected chi connectivity index (χ3v) is 8.74. The van der Waals surface area contributed by atoms with E-state index in [0.717, 1.165) is 0 Å². The molecule has 0 amide bonds. The van der Waals surface area contributed by atoms with Crippen LogP contribution in [-0.2, 0) is 9.53 Å². The molecule has 0 heterocycles. The number of carbonyl (C=O) groups excluding carboxylic acids is 1. The summed E-state index contributed by atoms with van der Waals surface area (Å²) >= 11 is 0. The zero-order valence-corrected chi connectivity index (χ0v) is 23.5. The molecule has 244 valence electrons. The lowest BCUT2D eigenvalue weighted by Gasteiger charge is -2.49. The number of ether oxygens (including phenoxy) is 1. The highest BCUT2D eigenvalue weighted by molar-refractivity contribution is 5.77. The summed E-state index contributed by atoms with van der Waals surface area (Å²) in [6.45, 7) is 11.2. The molecule has 2 N–H and O–H groups in total. The number of hydrogen-bond acceptors (Lipinski definition) is 4. The number of rotatable bonds is 7. The number of hydrogen-bond donors (Lipinski definition) is 2. The van der Waals surface area contributed by atoms with Crippen molar-refractivity contribution >= 4 is 5.97 Å². The highest BCUT2D eigenvalue weighted by atomic mass is 19.4. The third-order valence-electron chi connectivity index (χ3n) is 8.74. The summed E-state index contributed by atoms with van der Waals surface area (Å²) in [5, 5.41) is 19.8. The van der Waals surface area contributed by atoms with E-state index >= 15 is 0 Å². The van der Waals surface area contributed by atoms with E-state index in [0.29, 0.717) is 6.42 Å². The van der Waals surface area contributed by atoms with Crippen molar-refractivity contribution < 1.29 is 72.4 Å². The Bertz CT molecular complexity index is 853. The normalized spacial score (nSPS) is 24.2. The molecule has 16 heteroatoms. The van der Waals surface area contributed by atoms with E-state index < -0.39 is 95.3 Å². The minimum absolute atomic E-state index is 0.0164. The van der Waals surface area contributed by atoms with Crippen molar-refractivity contribution in [1.82, 2.24) is 0 Å². The first-order chi connectivity index (χ1) is 17.7. The summed E-state index contributed by atoms with van der Waals surface area (Å²) in [5.74, 6) is -8.08. The van der Waals surface area contributed by atoms with Crippen LogP contribution in [-0.4, -0.2) is 58.2 Å². The largest absolute Gasteiger partial charge is 0.462 e. The van der Waals surface area contributed by atoms with E-state index in [1.165, 1.54) is 6.92 Å². The van der Waals surface area contributed by atoms with Gasteiger partial charge in [0.2, 0.25) is 0 Å². The smallest absolute Gasteiger partial charge is 0.426 e. The Morgan fingerprint density at radius 1 is 0.659 bits per heavy atom. The molecule has 3 unspecified atom stereocenters. The van der Waals surface area contributed by atoms with E-state index in [1.54, 1.807) is 41.5 Å². The van der Waals surface area contributed by atoms with Crippen LogP contribution in [0, 0.1) is 28.1 Å². The molecule has 1 rings (SSSR count). The Labute approximate surface area is 229 Å². The maximum atomic E-state index is 13.7. The second-order valence-electron chi connectivity index (χ2n) is 12.9. The lowest BCUT2D eigenvalue weighted by molar-refractivity contribution is -0.405. The monoisotopic (exact) mass is 628 g/mol. The van der Waals surface area contributed by atoms with Crippen LogP contribution in [0.1, 0.15) is 80.6 Å². The van der Waals surface area contributed by atoms with Crippen molar-refractivity contribution in [2.24, 2.45) is 28.1 Å². The van der Waals surface area contributed by atoms with Crippen LogP contribution in [0.5, 0.6) is 0 Å². The van der Waals surface area contributed by atoms with Crippen LogP contribution in [0.3, 0.4) is 0 Å². The van der Waals surface area contributed by atoms with E-state index in [1.807, 2.05) is 0 Å². The maximum Gasteiger partial charge on any atom is 0.426 e. The minimum Gasteiger partial charge on any atom is -0.462 e. The molecule has 0 aromatic heterocycles. The molecule has 1 aliphatic rings. The van der Waals surface area contributed by atoms with Gasteiger partial charge in [-0.15, -0.1) is 0 Å². The van der Waals surface area contributed by atoms with Crippen LogP contribution in [0.2, 0.25) is 0 Å². The van der Waals surface area contributed by atoms with E-state index in [-0.39, 0.29) is 6.42 Å². The third kappa shape index (κ3) is 6.87. The number of esters is 1. The first-order valence-electron chi connectivity index (χ1n) is 12.7. The SMILES string of the molecule is CCC(C)(C)CC(C)(C(=O)OC1CC(C(O)(C(F)(F)F)C(F)(F)F)CC(C(O)(C(F)(F)F)C(F)(F)F)C1)C(C)(C)C. The molecule has 4 nitrogen and oxygen atoms in total. The molecule has 0 spiro atoms. The average molecular weight is 629 g/mol. The molecule has 1 aliphatic carbocycles. The van der Waals surface area contributed by atoms with Gasteiger partial charge in [0, 0.05) is 11.8 Å². The van der Waals surface area contributed by atoms with Crippen LogP contribution < -0.4 is 0 Å².